The molecule has 3 aromatic carbocycles. The first-order valence-electron chi connectivity index (χ1n) is 10.7. The Kier molecular flexibility index (Phi) is 6.82. The van der Waals surface area contributed by atoms with Crippen molar-refractivity contribution in [2.24, 2.45) is 0 Å². The highest BCUT2D eigenvalue weighted by Gasteiger charge is 2.14. The van der Waals surface area contributed by atoms with Crippen molar-refractivity contribution in [3.63, 3.8) is 0 Å². The second kappa shape index (κ2) is 10.1. The van der Waals surface area contributed by atoms with Crippen molar-refractivity contribution < 1.29 is 18.3 Å². The Hall–Kier alpha value is -4.26. The largest absolute Gasteiger partial charge is 0.457 e. The van der Waals surface area contributed by atoms with E-state index in [4.69, 9.17) is 4.74 Å². The van der Waals surface area contributed by atoms with Crippen molar-refractivity contribution in [1.82, 2.24) is 10.3 Å². The Morgan fingerprint density at radius 1 is 0.941 bits per heavy atom. The van der Waals surface area contributed by atoms with Crippen LogP contribution in [0.1, 0.15) is 27.0 Å². The number of halogens is 2. The molecule has 0 atom stereocenters. The summed E-state index contributed by atoms with van der Waals surface area (Å²) < 4.78 is 32.8. The molecule has 0 fully saturated rings. The Labute approximate surface area is 196 Å². The number of hydrogen-bond acceptors (Lipinski definition) is 4. The second-order valence-corrected chi connectivity index (χ2v) is 7.86. The molecule has 0 aliphatic rings. The van der Waals surface area contributed by atoms with E-state index in [1.54, 1.807) is 43.5 Å². The highest BCUT2D eigenvalue weighted by Crippen LogP contribution is 2.29. The van der Waals surface area contributed by atoms with Crippen molar-refractivity contribution >= 4 is 17.4 Å². The van der Waals surface area contributed by atoms with Crippen molar-refractivity contribution in [1.29, 1.82) is 0 Å². The van der Waals surface area contributed by atoms with Gasteiger partial charge in [0.1, 0.15) is 29.0 Å². The zero-order valence-corrected chi connectivity index (χ0v) is 18.7. The first-order chi connectivity index (χ1) is 16.4. The fourth-order valence-corrected chi connectivity index (χ4v) is 3.42. The monoisotopic (exact) mass is 459 g/mol. The van der Waals surface area contributed by atoms with Gasteiger partial charge in [0, 0.05) is 41.7 Å². The van der Waals surface area contributed by atoms with Gasteiger partial charge in [0.15, 0.2) is 0 Å². The molecule has 0 saturated carbocycles. The number of amides is 1. The normalized spacial score (nSPS) is 10.6. The molecule has 5 nitrogen and oxygen atoms in total. The summed E-state index contributed by atoms with van der Waals surface area (Å²) >= 11 is 0. The van der Waals surface area contributed by atoms with E-state index in [0.717, 1.165) is 17.3 Å². The van der Waals surface area contributed by atoms with Crippen LogP contribution in [-0.2, 0) is 6.54 Å². The molecule has 0 radical (unpaired) electrons. The van der Waals surface area contributed by atoms with E-state index >= 15 is 0 Å². The number of carbonyl (C=O) groups excluding carboxylic acids is 1. The molecule has 0 saturated heterocycles. The topological polar surface area (TPSA) is 63.2 Å². The summed E-state index contributed by atoms with van der Waals surface area (Å²) in [7, 11) is 0. The molecule has 172 valence electrons. The summed E-state index contributed by atoms with van der Waals surface area (Å²) in [5.41, 5.74) is 3.44. The zero-order chi connectivity index (χ0) is 24.1. The number of hydrogen-bond donors (Lipinski definition) is 2. The predicted octanol–water partition coefficient (Wildman–Crippen LogP) is 6.44. The van der Waals surface area contributed by atoms with Crippen LogP contribution in [0.4, 0.5) is 20.3 Å². The van der Waals surface area contributed by atoms with E-state index in [2.05, 4.69) is 15.6 Å². The van der Waals surface area contributed by atoms with Gasteiger partial charge in [-0.2, -0.15) is 0 Å². The maximum atomic E-state index is 13.4. The maximum Gasteiger partial charge on any atom is 0.251 e. The van der Waals surface area contributed by atoms with E-state index in [-0.39, 0.29) is 12.5 Å². The molecule has 1 aromatic heterocycles. The summed E-state index contributed by atoms with van der Waals surface area (Å²) in [5.74, 6) is -0.0643. The Morgan fingerprint density at radius 3 is 2.41 bits per heavy atom. The van der Waals surface area contributed by atoms with Crippen LogP contribution < -0.4 is 15.4 Å². The average molecular weight is 459 g/mol. The summed E-state index contributed by atoms with van der Waals surface area (Å²) in [6.45, 7) is 3.80. The minimum Gasteiger partial charge on any atom is -0.457 e. The van der Waals surface area contributed by atoms with Gasteiger partial charge in [-0.25, -0.2) is 13.8 Å². The number of aromatic nitrogens is 1. The van der Waals surface area contributed by atoms with Crippen LogP contribution >= 0.6 is 0 Å². The van der Waals surface area contributed by atoms with Gasteiger partial charge in [0.05, 0.1) is 0 Å². The fourth-order valence-electron chi connectivity index (χ4n) is 3.42. The number of ether oxygens (including phenoxy) is 1. The van der Waals surface area contributed by atoms with Gasteiger partial charge in [-0.3, -0.25) is 4.79 Å². The van der Waals surface area contributed by atoms with E-state index < -0.39 is 11.6 Å². The minimum atomic E-state index is -0.690. The van der Waals surface area contributed by atoms with Gasteiger partial charge >= 0.3 is 0 Å². The van der Waals surface area contributed by atoms with Gasteiger partial charge in [0.25, 0.3) is 5.91 Å². The second-order valence-electron chi connectivity index (χ2n) is 7.86. The first-order valence-corrected chi connectivity index (χ1v) is 10.7. The van der Waals surface area contributed by atoms with Crippen LogP contribution in [-0.4, -0.2) is 10.9 Å². The Bertz CT molecular complexity index is 1300. The van der Waals surface area contributed by atoms with Crippen molar-refractivity contribution in [2.45, 2.75) is 20.4 Å². The predicted molar refractivity (Wildman–Crippen MR) is 127 cm³/mol. The molecule has 0 unspecified atom stereocenters. The summed E-state index contributed by atoms with van der Waals surface area (Å²) in [6.07, 6.45) is 1.63. The molecular formula is C27H23F2N3O2. The number of rotatable bonds is 7. The molecular weight excluding hydrogens is 436 g/mol. The third-order valence-electron chi connectivity index (χ3n) is 5.19. The third kappa shape index (κ3) is 5.75. The van der Waals surface area contributed by atoms with Crippen molar-refractivity contribution in [3.05, 3.63) is 113 Å². The summed E-state index contributed by atoms with van der Waals surface area (Å²) in [4.78, 5) is 17.0. The molecule has 0 spiro atoms. The van der Waals surface area contributed by atoms with Gasteiger partial charge in [0.2, 0.25) is 0 Å². The molecule has 0 aliphatic heterocycles. The summed E-state index contributed by atoms with van der Waals surface area (Å²) in [6, 6.07) is 19.7. The highest BCUT2D eigenvalue weighted by molar-refractivity contribution is 5.96. The van der Waals surface area contributed by atoms with Gasteiger partial charge in [-0.1, -0.05) is 23.8 Å². The lowest BCUT2D eigenvalue weighted by Gasteiger charge is -2.14. The maximum absolute atomic E-state index is 13.4. The Balaban J connectivity index is 1.46. The number of nitrogens with one attached hydrogen (secondary N) is 2. The number of carbonyl (C=O) groups is 1. The van der Waals surface area contributed by atoms with Crippen LogP contribution in [0.2, 0.25) is 0 Å². The third-order valence-corrected chi connectivity index (χ3v) is 5.19. The number of benzene rings is 3. The van der Waals surface area contributed by atoms with E-state index in [1.165, 1.54) is 12.1 Å². The van der Waals surface area contributed by atoms with Crippen molar-refractivity contribution in [2.75, 3.05) is 5.32 Å². The molecule has 1 amide bonds. The number of aryl methyl sites for hydroxylation is 1. The lowest BCUT2D eigenvalue weighted by atomic mass is 10.1. The van der Waals surface area contributed by atoms with Crippen LogP contribution in [0.15, 0.2) is 79.0 Å². The first kappa shape index (κ1) is 22.9. The standard InChI is InChI=1S/C27H23F2N3O2/c1-17-6-8-22(9-7-17)32-26-15-23(10-11-30-26)34-25-5-3-4-24(18(25)2)27(33)31-16-19-12-20(28)14-21(29)13-19/h3-15H,16H2,1-2H3,(H,30,32)(H,31,33). The number of anilines is 2. The summed E-state index contributed by atoms with van der Waals surface area (Å²) in [5, 5.41) is 5.93. The molecule has 0 aliphatic carbocycles. The minimum absolute atomic E-state index is 0.00354. The average Bonchev–Trinajstić information content (AvgIpc) is 2.80. The molecule has 4 rings (SSSR count). The fraction of sp³-hybridized carbons (Fsp3) is 0.111. The van der Waals surface area contributed by atoms with E-state index in [9.17, 15) is 13.6 Å². The van der Waals surface area contributed by atoms with Crippen molar-refractivity contribution in [3.8, 4) is 11.5 Å². The van der Waals surface area contributed by atoms with Crippen LogP contribution in [0.5, 0.6) is 11.5 Å². The quantitative estimate of drug-likeness (QED) is 0.334. The molecule has 7 heteroatoms. The molecule has 2 N–H and O–H groups in total. The SMILES string of the molecule is Cc1ccc(Nc2cc(Oc3cccc(C(=O)NCc4cc(F)cc(F)c4)c3C)ccn2)cc1. The zero-order valence-electron chi connectivity index (χ0n) is 18.7. The lowest BCUT2D eigenvalue weighted by Crippen LogP contribution is -2.23. The molecule has 1 heterocycles. The van der Waals surface area contributed by atoms with E-state index in [1.807, 2.05) is 31.2 Å². The molecule has 4 aromatic rings. The van der Waals surface area contributed by atoms with Gasteiger partial charge in [-0.15, -0.1) is 0 Å². The highest BCUT2D eigenvalue weighted by atomic mass is 19.1. The van der Waals surface area contributed by atoms with Crippen LogP contribution in [0.25, 0.3) is 0 Å². The van der Waals surface area contributed by atoms with Crippen LogP contribution in [0, 0.1) is 25.5 Å². The molecule has 0 bridgehead atoms. The Morgan fingerprint density at radius 2 is 1.68 bits per heavy atom. The van der Waals surface area contributed by atoms with Crippen LogP contribution in [0.3, 0.4) is 0 Å². The van der Waals surface area contributed by atoms with E-state index in [0.29, 0.717) is 34.0 Å². The molecule has 34 heavy (non-hydrogen) atoms. The smallest absolute Gasteiger partial charge is 0.251 e. The van der Waals surface area contributed by atoms with Gasteiger partial charge in [-0.05, 0) is 61.9 Å². The van der Waals surface area contributed by atoms with Gasteiger partial charge < -0.3 is 15.4 Å². The number of pyridine rings is 1. The lowest BCUT2D eigenvalue weighted by molar-refractivity contribution is 0.0950. The number of nitrogens with zero attached hydrogens (tertiary/aromatic N) is 1.